The summed E-state index contributed by atoms with van der Waals surface area (Å²) in [5.41, 5.74) is 0. The number of hydrogen-bond acceptors (Lipinski definition) is 8. The Bertz CT molecular complexity index is 1140. The van der Waals surface area contributed by atoms with Gasteiger partial charge in [0.05, 0.1) is 40.3 Å². The predicted octanol–water partition coefficient (Wildman–Crippen LogP) is 12.2. The molecule has 0 amide bonds. The highest BCUT2D eigenvalue weighted by Crippen LogP contribution is 2.13. The number of quaternary nitrogens is 1. The molecule has 0 aliphatic rings. The molecule has 0 spiro atoms. The molecule has 0 fully saturated rings. The minimum absolute atomic E-state index is 0.142. The van der Waals surface area contributed by atoms with Crippen molar-refractivity contribution in [1.29, 1.82) is 0 Å². The maximum Gasteiger partial charge on any atom is 0.306 e. The number of hydrogen-bond donors (Lipinski definition) is 0. The van der Waals surface area contributed by atoms with Gasteiger partial charge in [0.2, 0.25) is 0 Å². The average Bonchev–Trinajstić information content (AvgIpc) is 3.22. The summed E-state index contributed by atoms with van der Waals surface area (Å²) in [5, 5.41) is 11.7. The topological polar surface area (TPSA) is 111 Å². The third-order valence-electron chi connectivity index (χ3n) is 10.5. The number of rotatable bonds is 45. The number of carbonyl (C=O) groups is 3. The van der Waals surface area contributed by atoms with E-state index in [1.807, 2.05) is 21.1 Å². The van der Waals surface area contributed by atoms with Gasteiger partial charge in [-0.1, -0.05) is 165 Å². The number of unbranched alkanes of at least 4 members (excludes halogenated alkanes) is 22. The van der Waals surface area contributed by atoms with Crippen molar-refractivity contribution >= 4 is 17.9 Å². The number of esters is 2. The summed E-state index contributed by atoms with van der Waals surface area (Å²) in [6.07, 6.45) is 48.5. The molecular weight excluding hydrogens is 767 g/mol. The van der Waals surface area contributed by atoms with Crippen molar-refractivity contribution in [3.8, 4) is 0 Å². The highest BCUT2D eigenvalue weighted by Gasteiger charge is 2.21. The van der Waals surface area contributed by atoms with Crippen molar-refractivity contribution < 1.29 is 42.9 Å². The van der Waals surface area contributed by atoms with Crippen LogP contribution in [0.1, 0.15) is 206 Å². The van der Waals surface area contributed by atoms with Crippen LogP contribution in [0.3, 0.4) is 0 Å². The zero-order chi connectivity index (χ0) is 44.9. The van der Waals surface area contributed by atoms with Crippen LogP contribution >= 0.6 is 0 Å². The molecule has 0 N–H and O–H groups in total. The fourth-order valence-electron chi connectivity index (χ4n) is 6.65. The first-order valence-electron chi connectivity index (χ1n) is 24.8. The van der Waals surface area contributed by atoms with E-state index in [2.05, 4.69) is 62.5 Å². The molecule has 0 aromatic heterocycles. The molecule has 0 bridgehead atoms. The minimum atomic E-state index is -1.63. The third kappa shape index (κ3) is 45.1. The molecule has 2 atom stereocenters. The number of carboxylic acid groups (broad SMARTS) is 1. The van der Waals surface area contributed by atoms with Gasteiger partial charge in [-0.3, -0.25) is 9.59 Å². The molecule has 9 heteroatoms. The smallest absolute Gasteiger partial charge is 0.306 e. The zero-order valence-electron chi connectivity index (χ0n) is 40.0. The van der Waals surface area contributed by atoms with E-state index < -0.39 is 24.3 Å². The average molecular weight is 860 g/mol. The second-order valence-electron chi connectivity index (χ2n) is 17.7. The van der Waals surface area contributed by atoms with Gasteiger partial charge < -0.3 is 33.3 Å². The van der Waals surface area contributed by atoms with Crippen LogP contribution < -0.4 is 5.11 Å². The van der Waals surface area contributed by atoms with E-state index in [1.165, 1.54) is 83.5 Å². The standard InChI is InChI=1S/C52H93NO8/c1-6-8-10-12-14-16-18-20-22-23-24-25-26-27-29-31-33-35-37-39-41-43-50(55)61-48(47-60-52(51(56)57)58-45-44-53(3,4)5)46-59-49(54)42-40-38-36-34-32-30-28-21-19-17-15-13-11-9-7-2/h18,20-21,23-24,26-28,48,52H,6-17,19,22,25,29-47H2,1-5H3/b20-18-,24-23-,27-26-,28-21-. The molecule has 0 aliphatic carbocycles. The summed E-state index contributed by atoms with van der Waals surface area (Å²) in [6.45, 7) is 4.70. The number of carbonyl (C=O) groups excluding carboxylic acids is 3. The number of allylic oxidation sites excluding steroid dienone is 8. The summed E-state index contributed by atoms with van der Waals surface area (Å²) in [4.78, 5) is 37.1. The highest BCUT2D eigenvalue weighted by molar-refractivity contribution is 5.70. The Morgan fingerprint density at radius 2 is 0.885 bits per heavy atom. The van der Waals surface area contributed by atoms with Crippen molar-refractivity contribution in [1.82, 2.24) is 0 Å². The van der Waals surface area contributed by atoms with Crippen molar-refractivity contribution in [2.24, 2.45) is 0 Å². The Kier molecular flexibility index (Phi) is 41.9. The first-order valence-corrected chi connectivity index (χ1v) is 24.8. The molecule has 9 nitrogen and oxygen atoms in total. The van der Waals surface area contributed by atoms with E-state index in [9.17, 15) is 19.5 Å². The molecule has 61 heavy (non-hydrogen) atoms. The Morgan fingerprint density at radius 1 is 0.492 bits per heavy atom. The number of carboxylic acids is 1. The lowest BCUT2D eigenvalue weighted by Gasteiger charge is -2.26. The van der Waals surface area contributed by atoms with Crippen molar-refractivity contribution in [2.75, 3.05) is 47.5 Å². The van der Waals surface area contributed by atoms with Crippen LogP contribution in [-0.2, 0) is 33.3 Å². The van der Waals surface area contributed by atoms with Gasteiger partial charge in [-0.15, -0.1) is 0 Å². The van der Waals surface area contributed by atoms with Crippen molar-refractivity contribution in [3.63, 3.8) is 0 Å². The van der Waals surface area contributed by atoms with Gasteiger partial charge in [-0.05, 0) is 77.0 Å². The molecule has 0 aromatic carbocycles. The molecule has 0 aliphatic heterocycles. The summed E-state index contributed by atoms with van der Waals surface area (Å²) in [7, 11) is 5.90. The van der Waals surface area contributed by atoms with Crippen LogP contribution in [0.15, 0.2) is 48.6 Å². The van der Waals surface area contributed by atoms with Gasteiger partial charge >= 0.3 is 11.9 Å². The monoisotopic (exact) mass is 860 g/mol. The van der Waals surface area contributed by atoms with E-state index in [0.717, 1.165) is 89.9 Å². The SMILES string of the molecule is CCCCCCC/C=C\C/C=C\C/C=C\CCCCCCCCC(=O)OC(COC(=O)CCCCCCC/C=C\CCCCCCCC)COC(OCC[N+](C)(C)C)C(=O)[O-]. The van der Waals surface area contributed by atoms with Gasteiger partial charge in [0, 0.05) is 12.8 Å². The van der Waals surface area contributed by atoms with Crippen molar-refractivity contribution in [2.45, 2.75) is 219 Å². The van der Waals surface area contributed by atoms with Crippen LogP contribution in [0.2, 0.25) is 0 Å². The third-order valence-corrected chi connectivity index (χ3v) is 10.5. The molecule has 0 aromatic rings. The fourth-order valence-corrected chi connectivity index (χ4v) is 6.65. The minimum Gasteiger partial charge on any atom is -0.545 e. The van der Waals surface area contributed by atoms with E-state index in [1.54, 1.807) is 0 Å². The molecule has 0 rings (SSSR count). The molecular formula is C52H93NO8. The Hall–Kier alpha value is -2.75. The summed E-state index contributed by atoms with van der Waals surface area (Å²) >= 11 is 0. The molecule has 0 saturated carbocycles. The Morgan fingerprint density at radius 3 is 1.33 bits per heavy atom. The van der Waals surface area contributed by atoms with Gasteiger partial charge in [0.1, 0.15) is 13.2 Å². The molecule has 354 valence electrons. The number of aliphatic carboxylic acids is 1. The van der Waals surface area contributed by atoms with E-state index >= 15 is 0 Å². The molecule has 0 heterocycles. The van der Waals surface area contributed by atoms with Crippen molar-refractivity contribution in [3.05, 3.63) is 48.6 Å². The maximum atomic E-state index is 12.8. The fraction of sp³-hybridized carbons (Fsp3) is 0.788. The lowest BCUT2D eigenvalue weighted by atomic mass is 10.1. The van der Waals surface area contributed by atoms with Gasteiger partial charge in [-0.25, -0.2) is 0 Å². The van der Waals surface area contributed by atoms with Crippen LogP contribution in [0, 0.1) is 0 Å². The normalized spacial score (nSPS) is 13.3. The number of nitrogens with zero attached hydrogens (tertiary/aromatic N) is 1. The van der Waals surface area contributed by atoms with Crippen LogP contribution in [0.5, 0.6) is 0 Å². The van der Waals surface area contributed by atoms with E-state index in [0.29, 0.717) is 17.4 Å². The first-order chi connectivity index (χ1) is 29.6. The van der Waals surface area contributed by atoms with Crippen LogP contribution in [0.4, 0.5) is 0 Å². The Labute approximate surface area is 374 Å². The second-order valence-corrected chi connectivity index (χ2v) is 17.7. The highest BCUT2D eigenvalue weighted by atomic mass is 16.7. The first kappa shape index (κ1) is 58.2. The summed E-state index contributed by atoms with van der Waals surface area (Å²) < 4.78 is 22.6. The van der Waals surface area contributed by atoms with Gasteiger partial charge in [0.25, 0.3) is 0 Å². The van der Waals surface area contributed by atoms with Crippen LogP contribution in [0.25, 0.3) is 0 Å². The maximum absolute atomic E-state index is 12.8. The van der Waals surface area contributed by atoms with E-state index in [4.69, 9.17) is 18.9 Å². The summed E-state index contributed by atoms with van der Waals surface area (Å²) in [6, 6.07) is 0. The van der Waals surface area contributed by atoms with Crippen LogP contribution in [-0.4, -0.2) is 82.3 Å². The quantitative estimate of drug-likeness (QED) is 0.0196. The largest absolute Gasteiger partial charge is 0.545 e. The number of ether oxygens (including phenoxy) is 4. The lowest BCUT2D eigenvalue weighted by Crippen LogP contribution is -2.44. The summed E-state index contributed by atoms with van der Waals surface area (Å²) in [5.74, 6) is -2.31. The van der Waals surface area contributed by atoms with Gasteiger partial charge in [0.15, 0.2) is 12.4 Å². The molecule has 0 saturated heterocycles. The zero-order valence-corrected chi connectivity index (χ0v) is 40.0. The predicted molar refractivity (Wildman–Crippen MR) is 251 cm³/mol. The second kappa shape index (κ2) is 43.9. The number of likely N-dealkylation sites (N-methyl/N-ethyl adjacent to an activating group) is 1. The molecule has 2 unspecified atom stereocenters. The lowest BCUT2D eigenvalue weighted by molar-refractivity contribution is -0.870. The Balaban J connectivity index is 4.41. The van der Waals surface area contributed by atoms with Gasteiger partial charge in [-0.2, -0.15) is 0 Å². The van der Waals surface area contributed by atoms with E-state index in [-0.39, 0.29) is 38.6 Å². The molecule has 0 radical (unpaired) electrons.